The highest BCUT2D eigenvalue weighted by Gasteiger charge is 2.08. The zero-order valence-electron chi connectivity index (χ0n) is 7.79. The fraction of sp³-hybridized carbons (Fsp3) is 0.273. The molecule has 2 heteroatoms. The van der Waals surface area contributed by atoms with E-state index < -0.39 is 0 Å². The zero-order chi connectivity index (χ0) is 9.68. The number of nitrogens with zero attached hydrogens (tertiary/aromatic N) is 1. The third-order valence-corrected chi connectivity index (χ3v) is 1.87. The molecule has 0 atom stereocenters. The molecule has 0 N–H and O–H groups in total. The lowest BCUT2D eigenvalue weighted by Gasteiger charge is -2.02. The fourth-order valence-corrected chi connectivity index (χ4v) is 1.20. The summed E-state index contributed by atoms with van der Waals surface area (Å²) in [4.78, 5) is 15.6. The molecule has 68 valence electrons. The van der Waals surface area contributed by atoms with E-state index in [-0.39, 0.29) is 5.78 Å². The summed E-state index contributed by atoms with van der Waals surface area (Å²) in [5.41, 5.74) is 1.60. The minimum absolute atomic E-state index is 0.0486. The van der Waals surface area contributed by atoms with Crippen LogP contribution in [0.15, 0.2) is 31.0 Å². The Labute approximate surface area is 78.3 Å². The van der Waals surface area contributed by atoms with Gasteiger partial charge in [0.25, 0.3) is 0 Å². The Morgan fingerprint density at radius 3 is 3.08 bits per heavy atom. The van der Waals surface area contributed by atoms with E-state index in [2.05, 4.69) is 11.6 Å². The van der Waals surface area contributed by atoms with Crippen LogP contribution in [0.3, 0.4) is 0 Å². The lowest BCUT2D eigenvalue weighted by molar-refractivity contribution is 0.0990. The van der Waals surface area contributed by atoms with Crippen LogP contribution >= 0.6 is 0 Å². The molecule has 0 aliphatic heterocycles. The van der Waals surface area contributed by atoms with Crippen molar-refractivity contribution in [1.29, 1.82) is 0 Å². The quantitative estimate of drug-likeness (QED) is 0.519. The molecular formula is C11H13NO. The second kappa shape index (κ2) is 4.55. The Balaban J connectivity index is 2.98. The molecule has 1 aromatic rings. The van der Waals surface area contributed by atoms with Crippen molar-refractivity contribution in [3.63, 3.8) is 0 Å². The summed E-state index contributed by atoms with van der Waals surface area (Å²) in [7, 11) is 0. The Morgan fingerprint density at radius 2 is 2.46 bits per heavy atom. The van der Waals surface area contributed by atoms with Crippen LogP contribution in [0, 0.1) is 0 Å². The number of hydrogen-bond acceptors (Lipinski definition) is 2. The molecule has 1 aromatic heterocycles. The van der Waals surface area contributed by atoms with Gasteiger partial charge in [0, 0.05) is 12.6 Å². The van der Waals surface area contributed by atoms with Crippen LogP contribution in [0.5, 0.6) is 0 Å². The molecule has 0 unspecified atom stereocenters. The van der Waals surface area contributed by atoms with Gasteiger partial charge in [0.1, 0.15) is 5.69 Å². The summed E-state index contributed by atoms with van der Waals surface area (Å²) in [6, 6.07) is 3.78. The van der Waals surface area contributed by atoms with E-state index in [4.69, 9.17) is 0 Å². The molecule has 0 spiro atoms. The second-order valence-electron chi connectivity index (χ2n) is 2.78. The van der Waals surface area contributed by atoms with E-state index in [1.807, 2.05) is 19.1 Å². The molecular weight excluding hydrogens is 162 g/mol. The van der Waals surface area contributed by atoms with Gasteiger partial charge in [-0.3, -0.25) is 9.78 Å². The van der Waals surface area contributed by atoms with Gasteiger partial charge in [-0.2, -0.15) is 0 Å². The van der Waals surface area contributed by atoms with Crippen molar-refractivity contribution in [2.75, 3.05) is 0 Å². The first-order valence-electron chi connectivity index (χ1n) is 4.37. The van der Waals surface area contributed by atoms with Crippen molar-refractivity contribution in [1.82, 2.24) is 4.98 Å². The van der Waals surface area contributed by atoms with Crippen LogP contribution in [0.4, 0.5) is 0 Å². The van der Waals surface area contributed by atoms with Crippen molar-refractivity contribution in [2.24, 2.45) is 0 Å². The highest BCUT2D eigenvalue weighted by atomic mass is 16.1. The lowest BCUT2D eigenvalue weighted by atomic mass is 10.1. The van der Waals surface area contributed by atoms with Crippen LogP contribution < -0.4 is 0 Å². The molecule has 0 bridgehead atoms. The van der Waals surface area contributed by atoms with Gasteiger partial charge < -0.3 is 0 Å². The maximum absolute atomic E-state index is 11.5. The number of rotatable bonds is 4. The molecule has 0 aromatic carbocycles. The lowest BCUT2D eigenvalue weighted by Crippen LogP contribution is -2.04. The van der Waals surface area contributed by atoms with Crippen LogP contribution in [0.1, 0.15) is 29.4 Å². The number of allylic oxidation sites excluding steroid dienone is 1. The number of carbonyl (C=O) groups excluding carboxylic acids is 1. The van der Waals surface area contributed by atoms with Gasteiger partial charge in [0.05, 0.1) is 0 Å². The summed E-state index contributed by atoms with van der Waals surface area (Å²) in [6.45, 7) is 5.55. The van der Waals surface area contributed by atoms with Gasteiger partial charge in [-0.25, -0.2) is 0 Å². The molecule has 0 radical (unpaired) electrons. The SMILES string of the molecule is C=CCC(=O)c1ncccc1CC. The molecule has 13 heavy (non-hydrogen) atoms. The van der Waals surface area contributed by atoms with Gasteiger partial charge in [-0.15, -0.1) is 6.58 Å². The minimum Gasteiger partial charge on any atom is -0.292 e. The van der Waals surface area contributed by atoms with E-state index in [1.165, 1.54) is 0 Å². The smallest absolute Gasteiger partial charge is 0.185 e. The van der Waals surface area contributed by atoms with Crippen molar-refractivity contribution >= 4 is 5.78 Å². The average Bonchev–Trinajstić information content (AvgIpc) is 2.18. The molecule has 0 fully saturated rings. The minimum atomic E-state index is 0.0486. The zero-order valence-corrected chi connectivity index (χ0v) is 7.79. The summed E-state index contributed by atoms with van der Waals surface area (Å²) < 4.78 is 0. The van der Waals surface area contributed by atoms with Crippen molar-refractivity contribution in [3.05, 3.63) is 42.2 Å². The van der Waals surface area contributed by atoms with E-state index in [0.29, 0.717) is 12.1 Å². The van der Waals surface area contributed by atoms with Crippen LogP contribution in [-0.4, -0.2) is 10.8 Å². The molecule has 0 aliphatic carbocycles. The Morgan fingerprint density at radius 1 is 1.69 bits per heavy atom. The van der Waals surface area contributed by atoms with Crippen LogP contribution in [0.2, 0.25) is 0 Å². The maximum atomic E-state index is 11.5. The Kier molecular flexibility index (Phi) is 3.38. The van der Waals surface area contributed by atoms with Crippen LogP contribution in [0.25, 0.3) is 0 Å². The van der Waals surface area contributed by atoms with E-state index in [0.717, 1.165) is 12.0 Å². The number of pyridine rings is 1. The molecule has 0 saturated carbocycles. The highest BCUT2D eigenvalue weighted by molar-refractivity contribution is 5.96. The van der Waals surface area contributed by atoms with E-state index in [9.17, 15) is 4.79 Å². The first-order chi connectivity index (χ1) is 6.29. The van der Waals surface area contributed by atoms with Gasteiger partial charge in [-0.05, 0) is 18.1 Å². The summed E-state index contributed by atoms with van der Waals surface area (Å²) >= 11 is 0. The molecule has 1 rings (SSSR count). The molecule has 2 nitrogen and oxygen atoms in total. The summed E-state index contributed by atoms with van der Waals surface area (Å²) in [6.07, 6.45) is 4.46. The third-order valence-electron chi connectivity index (χ3n) is 1.87. The average molecular weight is 175 g/mol. The van der Waals surface area contributed by atoms with Gasteiger partial charge in [0.2, 0.25) is 0 Å². The molecule has 0 aliphatic rings. The predicted molar refractivity (Wildman–Crippen MR) is 52.8 cm³/mol. The first kappa shape index (κ1) is 9.65. The highest BCUT2D eigenvalue weighted by Crippen LogP contribution is 2.08. The monoisotopic (exact) mass is 175 g/mol. The predicted octanol–water partition coefficient (Wildman–Crippen LogP) is 2.40. The molecule has 0 saturated heterocycles. The van der Waals surface area contributed by atoms with E-state index >= 15 is 0 Å². The number of ketones is 1. The number of carbonyl (C=O) groups is 1. The Bertz CT molecular complexity index is 318. The van der Waals surface area contributed by atoms with Crippen molar-refractivity contribution in [3.8, 4) is 0 Å². The third kappa shape index (κ3) is 2.25. The maximum Gasteiger partial charge on any atom is 0.185 e. The largest absolute Gasteiger partial charge is 0.292 e. The Hall–Kier alpha value is -1.44. The second-order valence-corrected chi connectivity index (χ2v) is 2.78. The van der Waals surface area contributed by atoms with Crippen molar-refractivity contribution in [2.45, 2.75) is 19.8 Å². The summed E-state index contributed by atoms with van der Waals surface area (Å²) in [5.74, 6) is 0.0486. The van der Waals surface area contributed by atoms with Crippen molar-refractivity contribution < 1.29 is 4.79 Å². The standard InChI is InChI=1S/C11H13NO/c1-3-6-10(13)11-9(4-2)7-5-8-12-11/h3,5,7-8H,1,4,6H2,2H3. The van der Waals surface area contributed by atoms with Crippen LogP contribution in [-0.2, 0) is 6.42 Å². The van der Waals surface area contributed by atoms with Gasteiger partial charge in [0.15, 0.2) is 5.78 Å². The fourth-order valence-electron chi connectivity index (χ4n) is 1.20. The number of aryl methyl sites for hydroxylation is 1. The number of hydrogen-bond donors (Lipinski definition) is 0. The molecule has 1 heterocycles. The van der Waals surface area contributed by atoms with Gasteiger partial charge in [-0.1, -0.05) is 19.1 Å². The number of Topliss-reactive ketones (excluding diaryl/α,β-unsaturated/α-hetero) is 1. The molecule has 0 amide bonds. The number of aromatic nitrogens is 1. The summed E-state index contributed by atoms with van der Waals surface area (Å²) in [5, 5.41) is 0. The normalized spacial score (nSPS) is 9.62. The van der Waals surface area contributed by atoms with Gasteiger partial charge >= 0.3 is 0 Å². The first-order valence-corrected chi connectivity index (χ1v) is 4.37. The topological polar surface area (TPSA) is 30.0 Å². The van der Waals surface area contributed by atoms with E-state index in [1.54, 1.807) is 12.3 Å².